The molecule has 3 amide bonds. The molecule has 1 aromatic carbocycles. The molecule has 7 heteroatoms. The van der Waals surface area contributed by atoms with E-state index in [-0.39, 0.29) is 17.6 Å². The number of fused-ring (bicyclic) bond motifs is 1. The van der Waals surface area contributed by atoms with Crippen molar-refractivity contribution in [1.82, 2.24) is 20.2 Å². The fraction of sp³-hybridized carbons (Fsp3) is 0.524. The number of carbonyl (C=O) groups excluding carboxylic acids is 2. The number of aromatic nitrogens is 2. The summed E-state index contributed by atoms with van der Waals surface area (Å²) in [6.45, 7) is -0.231. The number of para-hydroxylation sites is 1. The van der Waals surface area contributed by atoms with E-state index in [4.69, 9.17) is 0 Å². The van der Waals surface area contributed by atoms with Gasteiger partial charge in [0.1, 0.15) is 6.54 Å². The molecule has 0 unspecified atom stereocenters. The fourth-order valence-corrected chi connectivity index (χ4v) is 6.08. The molecule has 0 saturated heterocycles. The third-order valence-electron chi connectivity index (χ3n) is 6.72. The van der Waals surface area contributed by atoms with E-state index < -0.39 is 11.9 Å². The van der Waals surface area contributed by atoms with Gasteiger partial charge in [0.25, 0.3) is 5.56 Å². The molecule has 0 aliphatic heterocycles. The average Bonchev–Trinajstić information content (AvgIpc) is 2.62. The summed E-state index contributed by atoms with van der Waals surface area (Å²) in [5.74, 6) is 1.62. The van der Waals surface area contributed by atoms with Crippen LogP contribution in [0.2, 0.25) is 0 Å². The number of carbonyl (C=O) groups is 2. The summed E-state index contributed by atoms with van der Waals surface area (Å²) in [4.78, 5) is 41.5. The zero-order chi connectivity index (χ0) is 19.3. The Hall–Kier alpha value is -2.70. The van der Waals surface area contributed by atoms with E-state index in [9.17, 15) is 14.4 Å². The standard InChI is InChI=1S/C21H24N4O3/c26-18(11-25-12-22-17-4-2-1-3-16(17)19(25)27)23-20(28)24-21-8-13-5-14(9-21)7-15(6-13)10-21/h1-4,12-15H,5-11H2,(H2,23,24,26,28). The Morgan fingerprint density at radius 1 is 1.07 bits per heavy atom. The van der Waals surface area contributed by atoms with Gasteiger partial charge in [-0.15, -0.1) is 0 Å². The van der Waals surface area contributed by atoms with Gasteiger partial charge in [-0.05, 0) is 68.4 Å². The molecule has 2 N–H and O–H groups in total. The van der Waals surface area contributed by atoms with Crippen LogP contribution in [0.3, 0.4) is 0 Å². The number of rotatable bonds is 3. The number of hydrogen-bond acceptors (Lipinski definition) is 4. The summed E-state index contributed by atoms with van der Waals surface area (Å²) in [6.07, 6.45) is 8.29. The molecule has 4 aliphatic carbocycles. The minimum atomic E-state index is -0.513. The lowest BCUT2D eigenvalue weighted by Crippen LogP contribution is -2.62. The monoisotopic (exact) mass is 380 g/mol. The second-order valence-electron chi connectivity index (χ2n) is 8.89. The lowest BCUT2D eigenvalue weighted by molar-refractivity contribution is -0.120. The van der Waals surface area contributed by atoms with E-state index in [1.165, 1.54) is 30.2 Å². The van der Waals surface area contributed by atoms with Crippen LogP contribution in [0.1, 0.15) is 38.5 Å². The first-order chi connectivity index (χ1) is 13.5. The lowest BCUT2D eigenvalue weighted by Gasteiger charge is -2.56. The normalized spacial score (nSPS) is 30.4. The van der Waals surface area contributed by atoms with Crippen LogP contribution in [-0.4, -0.2) is 27.0 Å². The van der Waals surface area contributed by atoms with E-state index >= 15 is 0 Å². The molecule has 1 heterocycles. The largest absolute Gasteiger partial charge is 0.332 e. The van der Waals surface area contributed by atoms with Crippen molar-refractivity contribution < 1.29 is 9.59 Å². The van der Waals surface area contributed by atoms with Gasteiger partial charge in [0.05, 0.1) is 17.2 Å². The van der Waals surface area contributed by atoms with E-state index in [0.717, 1.165) is 19.3 Å². The van der Waals surface area contributed by atoms with Crippen LogP contribution in [0.5, 0.6) is 0 Å². The number of imide groups is 1. The zero-order valence-electron chi connectivity index (χ0n) is 15.7. The van der Waals surface area contributed by atoms with Crippen molar-refractivity contribution in [2.45, 2.75) is 50.6 Å². The molecular formula is C21H24N4O3. The first kappa shape index (κ1) is 17.4. The molecule has 4 saturated carbocycles. The molecule has 2 aromatic rings. The highest BCUT2D eigenvalue weighted by molar-refractivity contribution is 5.94. The van der Waals surface area contributed by atoms with Crippen LogP contribution >= 0.6 is 0 Å². The molecule has 0 atom stereocenters. The summed E-state index contributed by atoms with van der Waals surface area (Å²) in [5.41, 5.74) is 0.145. The molecule has 1 aromatic heterocycles. The third kappa shape index (κ3) is 3.08. The quantitative estimate of drug-likeness (QED) is 0.854. The maximum Gasteiger partial charge on any atom is 0.321 e. The second kappa shape index (κ2) is 6.43. The van der Waals surface area contributed by atoms with Crippen LogP contribution in [0.15, 0.2) is 35.4 Å². The minimum Gasteiger partial charge on any atom is -0.332 e. The summed E-state index contributed by atoms with van der Waals surface area (Å²) in [5, 5.41) is 5.97. The Morgan fingerprint density at radius 2 is 1.71 bits per heavy atom. The number of urea groups is 1. The van der Waals surface area contributed by atoms with Crippen LogP contribution in [0, 0.1) is 17.8 Å². The van der Waals surface area contributed by atoms with Gasteiger partial charge in [0, 0.05) is 5.54 Å². The highest BCUT2D eigenvalue weighted by Crippen LogP contribution is 2.55. The lowest BCUT2D eigenvalue weighted by atomic mass is 9.53. The predicted molar refractivity (Wildman–Crippen MR) is 104 cm³/mol. The number of nitrogens with zero attached hydrogens (tertiary/aromatic N) is 2. The maximum absolute atomic E-state index is 12.5. The van der Waals surface area contributed by atoms with E-state index in [1.54, 1.807) is 24.3 Å². The Kier molecular flexibility index (Phi) is 4.00. The average molecular weight is 380 g/mol. The van der Waals surface area contributed by atoms with Gasteiger partial charge in [-0.3, -0.25) is 19.5 Å². The summed E-state index contributed by atoms with van der Waals surface area (Å²) >= 11 is 0. The van der Waals surface area contributed by atoms with Gasteiger partial charge in [-0.1, -0.05) is 12.1 Å². The molecule has 146 valence electrons. The van der Waals surface area contributed by atoms with Crippen molar-refractivity contribution in [3.8, 4) is 0 Å². The number of hydrogen-bond donors (Lipinski definition) is 2. The van der Waals surface area contributed by atoms with Crippen LogP contribution < -0.4 is 16.2 Å². The molecule has 6 rings (SSSR count). The van der Waals surface area contributed by atoms with Gasteiger partial charge in [-0.25, -0.2) is 9.78 Å². The van der Waals surface area contributed by atoms with E-state index in [0.29, 0.717) is 28.7 Å². The number of amides is 3. The predicted octanol–water partition coefficient (Wildman–Crippen LogP) is 2.19. The molecule has 7 nitrogen and oxygen atoms in total. The number of nitrogens with one attached hydrogen (secondary N) is 2. The first-order valence-electron chi connectivity index (χ1n) is 10.1. The number of benzene rings is 1. The van der Waals surface area contributed by atoms with Gasteiger partial charge >= 0.3 is 6.03 Å². The Bertz CT molecular complexity index is 977. The summed E-state index contributed by atoms with van der Waals surface area (Å²) in [7, 11) is 0. The molecule has 4 bridgehead atoms. The topological polar surface area (TPSA) is 93.1 Å². The van der Waals surface area contributed by atoms with Crippen molar-refractivity contribution in [3.63, 3.8) is 0 Å². The van der Waals surface area contributed by atoms with Crippen LogP contribution in [-0.2, 0) is 11.3 Å². The Labute approximate surface area is 162 Å². The summed E-state index contributed by atoms with van der Waals surface area (Å²) in [6, 6.07) is 6.54. The van der Waals surface area contributed by atoms with Gasteiger partial charge in [0.15, 0.2) is 0 Å². The highest BCUT2D eigenvalue weighted by Gasteiger charge is 2.51. The third-order valence-corrected chi connectivity index (χ3v) is 6.72. The zero-order valence-corrected chi connectivity index (χ0v) is 15.7. The molecular weight excluding hydrogens is 356 g/mol. The molecule has 0 radical (unpaired) electrons. The van der Waals surface area contributed by atoms with Gasteiger partial charge in [0.2, 0.25) is 5.91 Å². The maximum atomic E-state index is 12.5. The smallest absolute Gasteiger partial charge is 0.321 e. The SMILES string of the molecule is O=C(Cn1cnc2ccccc2c1=O)NC(=O)NC12CC3CC(CC(C3)C1)C2. The van der Waals surface area contributed by atoms with E-state index in [1.807, 2.05) is 0 Å². The van der Waals surface area contributed by atoms with Gasteiger partial charge < -0.3 is 5.32 Å². The molecule has 0 spiro atoms. The second-order valence-corrected chi connectivity index (χ2v) is 8.89. The Morgan fingerprint density at radius 3 is 2.39 bits per heavy atom. The molecule has 4 aliphatic rings. The van der Waals surface area contributed by atoms with Crippen molar-refractivity contribution in [2.24, 2.45) is 17.8 Å². The fourth-order valence-electron chi connectivity index (χ4n) is 6.08. The molecule has 4 fully saturated rings. The van der Waals surface area contributed by atoms with Crippen molar-refractivity contribution in [2.75, 3.05) is 0 Å². The van der Waals surface area contributed by atoms with Crippen LogP contribution in [0.4, 0.5) is 4.79 Å². The van der Waals surface area contributed by atoms with Crippen molar-refractivity contribution >= 4 is 22.8 Å². The van der Waals surface area contributed by atoms with E-state index in [2.05, 4.69) is 15.6 Å². The van der Waals surface area contributed by atoms with Crippen molar-refractivity contribution in [3.05, 3.63) is 40.9 Å². The van der Waals surface area contributed by atoms with Gasteiger partial charge in [-0.2, -0.15) is 0 Å². The van der Waals surface area contributed by atoms with Crippen molar-refractivity contribution in [1.29, 1.82) is 0 Å². The highest BCUT2D eigenvalue weighted by atomic mass is 16.2. The van der Waals surface area contributed by atoms with Crippen LogP contribution in [0.25, 0.3) is 10.9 Å². The first-order valence-corrected chi connectivity index (χ1v) is 10.1. The summed E-state index contributed by atoms with van der Waals surface area (Å²) < 4.78 is 1.23. The minimum absolute atomic E-state index is 0.152. The Balaban J connectivity index is 1.24. The molecule has 28 heavy (non-hydrogen) atoms.